The second-order valence-electron chi connectivity index (χ2n) is 6.45. The Kier molecular flexibility index (Phi) is 5.39. The number of amides is 1. The molecule has 2 N–H and O–H groups in total. The van der Waals surface area contributed by atoms with E-state index in [-0.39, 0.29) is 17.9 Å². The molecule has 2 heterocycles. The van der Waals surface area contributed by atoms with Crippen molar-refractivity contribution in [2.45, 2.75) is 6.18 Å². The quantitative estimate of drug-likeness (QED) is 0.492. The van der Waals surface area contributed by atoms with Crippen LogP contribution < -0.4 is 10.6 Å². The Morgan fingerprint density at radius 2 is 1.84 bits per heavy atom. The van der Waals surface area contributed by atoms with Gasteiger partial charge in [0.1, 0.15) is 18.5 Å². The lowest BCUT2D eigenvalue weighted by atomic mass is 10.1. The first-order chi connectivity index (χ1) is 14.9. The number of para-hydroxylation sites is 1. The average molecular weight is 427 g/mol. The number of nitrogens with one attached hydrogen (secondary N) is 2. The number of aromatic nitrogens is 5. The van der Waals surface area contributed by atoms with Crippen LogP contribution in [0.1, 0.15) is 5.56 Å². The maximum Gasteiger partial charge on any atom is 0.416 e. The smallest absolute Gasteiger partial charge is 0.360 e. The summed E-state index contributed by atoms with van der Waals surface area (Å²) in [6.45, 7) is -0.196. The fourth-order valence-corrected chi connectivity index (χ4v) is 2.85. The molecule has 4 aromatic rings. The Morgan fingerprint density at radius 1 is 1.03 bits per heavy atom. The standard InChI is InChI=1S/C20H16F3N7O/c21-20(22,23)14-6-7-17(30-13-24-12-26-30)16(10-14)27-19(31)11-25-18-8-9-29(28-18)15-4-2-1-3-5-15/h1-10,12-13H,11H2,(H,25,28)(H,27,31). The van der Waals surface area contributed by atoms with Crippen molar-refractivity contribution in [3.8, 4) is 11.4 Å². The minimum atomic E-state index is -4.55. The molecule has 0 bridgehead atoms. The molecule has 0 saturated heterocycles. The van der Waals surface area contributed by atoms with Crippen LogP contribution >= 0.6 is 0 Å². The summed E-state index contributed by atoms with van der Waals surface area (Å²) >= 11 is 0. The van der Waals surface area contributed by atoms with Crippen molar-refractivity contribution in [3.05, 3.63) is 79.0 Å². The number of benzene rings is 2. The first-order valence-electron chi connectivity index (χ1n) is 9.11. The lowest BCUT2D eigenvalue weighted by molar-refractivity contribution is -0.137. The van der Waals surface area contributed by atoms with E-state index < -0.39 is 17.6 Å². The molecule has 2 aromatic heterocycles. The summed E-state index contributed by atoms with van der Waals surface area (Å²) < 4.78 is 42.3. The molecular weight excluding hydrogens is 411 g/mol. The van der Waals surface area contributed by atoms with Crippen molar-refractivity contribution >= 4 is 17.4 Å². The molecule has 0 aliphatic carbocycles. The Balaban J connectivity index is 1.47. The van der Waals surface area contributed by atoms with Crippen molar-refractivity contribution < 1.29 is 18.0 Å². The van der Waals surface area contributed by atoms with E-state index in [0.717, 1.165) is 17.8 Å². The van der Waals surface area contributed by atoms with Crippen molar-refractivity contribution in [2.24, 2.45) is 0 Å². The van der Waals surface area contributed by atoms with Crippen LogP contribution in [0.2, 0.25) is 0 Å². The molecule has 158 valence electrons. The molecule has 0 fully saturated rings. The number of nitrogens with zero attached hydrogens (tertiary/aromatic N) is 5. The van der Waals surface area contributed by atoms with Gasteiger partial charge in [-0.3, -0.25) is 4.79 Å². The second kappa shape index (κ2) is 8.30. The molecule has 0 atom stereocenters. The zero-order valence-corrected chi connectivity index (χ0v) is 15.9. The second-order valence-corrected chi connectivity index (χ2v) is 6.45. The van der Waals surface area contributed by atoms with Gasteiger partial charge in [0, 0.05) is 12.3 Å². The topological polar surface area (TPSA) is 89.7 Å². The van der Waals surface area contributed by atoms with Gasteiger partial charge >= 0.3 is 6.18 Å². The summed E-state index contributed by atoms with van der Waals surface area (Å²) in [4.78, 5) is 16.2. The number of rotatable bonds is 6. The van der Waals surface area contributed by atoms with E-state index >= 15 is 0 Å². The molecule has 0 unspecified atom stereocenters. The van der Waals surface area contributed by atoms with Crippen LogP contribution in [-0.4, -0.2) is 37.0 Å². The lowest BCUT2D eigenvalue weighted by Crippen LogP contribution is -2.23. The first kappa shape index (κ1) is 20.1. The number of halogens is 3. The number of hydrogen-bond acceptors (Lipinski definition) is 5. The summed E-state index contributed by atoms with van der Waals surface area (Å²) in [6.07, 6.45) is -0.255. The summed E-state index contributed by atoms with van der Waals surface area (Å²) in [5.74, 6) is -0.102. The number of alkyl halides is 3. The van der Waals surface area contributed by atoms with Gasteiger partial charge in [0.05, 0.1) is 29.2 Å². The van der Waals surface area contributed by atoms with Gasteiger partial charge in [-0.05, 0) is 30.3 Å². The molecule has 1 amide bonds. The van der Waals surface area contributed by atoms with Gasteiger partial charge in [-0.15, -0.1) is 0 Å². The maximum absolute atomic E-state index is 13.1. The van der Waals surface area contributed by atoms with Crippen LogP contribution in [0.15, 0.2) is 73.4 Å². The number of carbonyl (C=O) groups is 1. The molecule has 0 radical (unpaired) electrons. The maximum atomic E-state index is 13.1. The molecule has 0 aliphatic heterocycles. The first-order valence-corrected chi connectivity index (χ1v) is 9.11. The van der Waals surface area contributed by atoms with Crippen molar-refractivity contribution in [1.82, 2.24) is 24.5 Å². The zero-order valence-electron chi connectivity index (χ0n) is 15.9. The van der Waals surface area contributed by atoms with Gasteiger partial charge in [-0.2, -0.15) is 23.4 Å². The zero-order chi connectivity index (χ0) is 21.8. The number of anilines is 2. The Labute approximate surface area is 174 Å². The van der Waals surface area contributed by atoms with Crippen LogP contribution in [0.4, 0.5) is 24.7 Å². The summed E-state index contributed by atoms with van der Waals surface area (Å²) in [5, 5.41) is 13.6. The van der Waals surface area contributed by atoms with E-state index in [4.69, 9.17) is 0 Å². The highest BCUT2D eigenvalue weighted by Gasteiger charge is 2.31. The van der Waals surface area contributed by atoms with Crippen LogP contribution in [0.25, 0.3) is 11.4 Å². The summed E-state index contributed by atoms with van der Waals surface area (Å²) in [7, 11) is 0. The van der Waals surface area contributed by atoms with Crippen LogP contribution in [-0.2, 0) is 11.0 Å². The monoisotopic (exact) mass is 427 g/mol. The van der Waals surface area contributed by atoms with Crippen LogP contribution in [0.5, 0.6) is 0 Å². The van der Waals surface area contributed by atoms with E-state index in [1.165, 1.54) is 23.4 Å². The van der Waals surface area contributed by atoms with Crippen molar-refractivity contribution in [2.75, 3.05) is 17.2 Å². The fraction of sp³-hybridized carbons (Fsp3) is 0.100. The normalized spacial score (nSPS) is 11.3. The third-order valence-electron chi connectivity index (χ3n) is 4.30. The van der Waals surface area contributed by atoms with Gasteiger partial charge < -0.3 is 10.6 Å². The van der Waals surface area contributed by atoms with E-state index in [2.05, 4.69) is 25.8 Å². The minimum absolute atomic E-state index is 0.0399. The van der Waals surface area contributed by atoms with E-state index in [0.29, 0.717) is 5.82 Å². The Hall–Kier alpha value is -4.15. The lowest BCUT2D eigenvalue weighted by Gasteiger charge is -2.14. The molecule has 11 heteroatoms. The van der Waals surface area contributed by atoms with Gasteiger partial charge in [-0.1, -0.05) is 18.2 Å². The summed E-state index contributed by atoms with van der Waals surface area (Å²) in [5.41, 5.74) is 0.178. The van der Waals surface area contributed by atoms with Gasteiger partial charge in [0.25, 0.3) is 0 Å². The Bertz CT molecular complexity index is 1170. The van der Waals surface area contributed by atoms with Crippen LogP contribution in [0, 0.1) is 0 Å². The van der Waals surface area contributed by atoms with Crippen molar-refractivity contribution in [3.63, 3.8) is 0 Å². The highest BCUT2D eigenvalue weighted by atomic mass is 19.4. The van der Waals surface area contributed by atoms with Gasteiger partial charge in [-0.25, -0.2) is 14.3 Å². The predicted octanol–water partition coefficient (Wildman–Crippen LogP) is 3.52. The molecule has 8 nitrogen and oxygen atoms in total. The van der Waals surface area contributed by atoms with E-state index in [1.807, 2.05) is 30.3 Å². The highest BCUT2D eigenvalue weighted by Crippen LogP contribution is 2.33. The largest absolute Gasteiger partial charge is 0.416 e. The van der Waals surface area contributed by atoms with Gasteiger partial charge in [0.15, 0.2) is 0 Å². The molecule has 4 rings (SSSR count). The minimum Gasteiger partial charge on any atom is -0.360 e. The van der Waals surface area contributed by atoms with Crippen molar-refractivity contribution in [1.29, 1.82) is 0 Å². The molecule has 0 saturated carbocycles. The predicted molar refractivity (Wildman–Crippen MR) is 107 cm³/mol. The van der Waals surface area contributed by atoms with Gasteiger partial charge in [0.2, 0.25) is 5.91 Å². The number of hydrogen-bond donors (Lipinski definition) is 2. The Morgan fingerprint density at radius 3 is 2.55 bits per heavy atom. The molecule has 31 heavy (non-hydrogen) atoms. The average Bonchev–Trinajstić information content (AvgIpc) is 3.45. The van der Waals surface area contributed by atoms with E-state index in [9.17, 15) is 18.0 Å². The molecular formula is C20H16F3N7O. The SMILES string of the molecule is O=C(CNc1ccn(-c2ccccc2)n1)Nc1cc(C(F)(F)F)ccc1-n1cncn1. The highest BCUT2D eigenvalue weighted by molar-refractivity contribution is 5.95. The molecule has 2 aromatic carbocycles. The summed E-state index contributed by atoms with van der Waals surface area (Å²) in [6, 6.07) is 14.1. The van der Waals surface area contributed by atoms with E-state index in [1.54, 1.807) is 16.9 Å². The molecule has 0 aliphatic rings. The number of carbonyl (C=O) groups excluding carboxylic acids is 1. The fourth-order valence-electron chi connectivity index (χ4n) is 2.85. The van der Waals surface area contributed by atoms with Crippen LogP contribution in [0.3, 0.4) is 0 Å². The molecule has 0 spiro atoms. The third kappa shape index (κ3) is 4.71. The third-order valence-corrected chi connectivity index (χ3v) is 4.30.